The van der Waals surface area contributed by atoms with Crippen LogP contribution in [0.1, 0.15) is 27.7 Å². The number of nitrogens with zero attached hydrogens (tertiary/aromatic N) is 2. The van der Waals surface area contributed by atoms with Crippen LogP contribution in [0, 0.1) is 13.8 Å². The summed E-state index contributed by atoms with van der Waals surface area (Å²) in [6.45, 7) is 3.95. The predicted octanol–water partition coefficient (Wildman–Crippen LogP) is 2.56. The lowest BCUT2D eigenvalue weighted by atomic mass is 10.0. The van der Waals surface area contributed by atoms with Gasteiger partial charge in [-0.3, -0.25) is 11.3 Å². The minimum absolute atomic E-state index is 0.00907. The summed E-state index contributed by atoms with van der Waals surface area (Å²) in [4.78, 5) is 1.05. The van der Waals surface area contributed by atoms with Crippen LogP contribution in [0.15, 0.2) is 18.2 Å². The van der Waals surface area contributed by atoms with E-state index >= 15 is 0 Å². The maximum atomic E-state index is 6.24. The normalized spacial score (nSPS) is 12.7. The molecule has 0 aliphatic carbocycles. The SMILES string of the molecule is Cc1ccc(CC(NN)c2snnc2C)c(Cl)c1. The fraction of sp³-hybridized carbons (Fsp3) is 0.333. The van der Waals surface area contributed by atoms with Crippen molar-refractivity contribution in [1.29, 1.82) is 0 Å². The summed E-state index contributed by atoms with van der Waals surface area (Å²) in [6.07, 6.45) is 0.723. The summed E-state index contributed by atoms with van der Waals surface area (Å²) in [7, 11) is 0. The predicted molar refractivity (Wildman–Crippen MR) is 74.6 cm³/mol. The van der Waals surface area contributed by atoms with Crippen LogP contribution in [-0.2, 0) is 6.42 Å². The lowest BCUT2D eigenvalue weighted by Crippen LogP contribution is -2.29. The summed E-state index contributed by atoms with van der Waals surface area (Å²) in [5, 5.41) is 4.77. The van der Waals surface area contributed by atoms with Crippen molar-refractivity contribution in [3.8, 4) is 0 Å². The first-order valence-electron chi connectivity index (χ1n) is 5.62. The molecule has 0 aliphatic heterocycles. The molecule has 4 nitrogen and oxygen atoms in total. The van der Waals surface area contributed by atoms with Crippen molar-refractivity contribution in [3.05, 3.63) is 44.9 Å². The summed E-state index contributed by atoms with van der Waals surface area (Å²) in [5.74, 6) is 5.62. The van der Waals surface area contributed by atoms with Crippen LogP contribution < -0.4 is 11.3 Å². The van der Waals surface area contributed by atoms with Crippen LogP contribution in [0.3, 0.4) is 0 Å². The Morgan fingerprint density at radius 3 is 2.78 bits per heavy atom. The number of hydrogen-bond donors (Lipinski definition) is 2. The second-order valence-corrected chi connectivity index (χ2v) is 5.43. The number of nitrogens with one attached hydrogen (secondary N) is 1. The average molecular weight is 283 g/mol. The Labute approximate surface area is 115 Å². The van der Waals surface area contributed by atoms with Crippen molar-refractivity contribution in [3.63, 3.8) is 0 Å². The highest BCUT2D eigenvalue weighted by Crippen LogP contribution is 2.26. The fourth-order valence-electron chi connectivity index (χ4n) is 1.82. The smallest absolute Gasteiger partial charge is 0.0773 e. The highest BCUT2D eigenvalue weighted by Gasteiger charge is 2.17. The Morgan fingerprint density at radius 1 is 1.44 bits per heavy atom. The fourth-order valence-corrected chi connectivity index (χ4v) is 2.84. The van der Waals surface area contributed by atoms with Gasteiger partial charge in [0, 0.05) is 5.02 Å². The zero-order valence-electron chi connectivity index (χ0n) is 10.3. The molecule has 0 aliphatic rings. The number of aryl methyl sites for hydroxylation is 2. The monoisotopic (exact) mass is 282 g/mol. The third-order valence-corrected chi connectivity index (χ3v) is 4.13. The van der Waals surface area contributed by atoms with E-state index in [9.17, 15) is 0 Å². The Bertz CT molecular complexity index is 541. The van der Waals surface area contributed by atoms with Gasteiger partial charge in [-0.05, 0) is 49.0 Å². The van der Waals surface area contributed by atoms with Crippen molar-refractivity contribution in [2.45, 2.75) is 26.3 Å². The number of rotatable bonds is 4. The van der Waals surface area contributed by atoms with Gasteiger partial charge in [0.2, 0.25) is 0 Å². The number of hydrogen-bond acceptors (Lipinski definition) is 5. The highest BCUT2D eigenvalue weighted by atomic mass is 35.5. The van der Waals surface area contributed by atoms with Gasteiger partial charge in [0.1, 0.15) is 0 Å². The highest BCUT2D eigenvalue weighted by molar-refractivity contribution is 7.05. The van der Waals surface area contributed by atoms with E-state index in [2.05, 4.69) is 15.0 Å². The summed E-state index contributed by atoms with van der Waals surface area (Å²) in [5.41, 5.74) is 5.93. The first-order chi connectivity index (χ1) is 8.61. The molecule has 3 N–H and O–H groups in total. The second-order valence-electron chi connectivity index (χ2n) is 4.24. The van der Waals surface area contributed by atoms with Gasteiger partial charge in [-0.1, -0.05) is 28.2 Å². The van der Waals surface area contributed by atoms with Crippen molar-refractivity contribution in [2.24, 2.45) is 5.84 Å². The minimum atomic E-state index is -0.00907. The van der Waals surface area contributed by atoms with E-state index in [1.165, 1.54) is 11.5 Å². The van der Waals surface area contributed by atoms with Crippen LogP contribution >= 0.6 is 23.1 Å². The first-order valence-corrected chi connectivity index (χ1v) is 6.77. The summed E-state index contributed by atoms with van der Waals surface area (Å²) >= 11 is 7.60. The second kappa shape index (κ2) is 5.75. The molecule has 1 heterocycles. The minimum Gasteiger partial charge on any atom is -0.271 e. The molecule has 0 radical (unpaired) electrons. The molecule has 2 aromatic rings. The van der Waals surface area contributed by atoms with Gasteiger partial charge in [0.15, 0.2) is 0 Å². The molecule has 1 atom stereocenters. The Balaban J connectivity index is 2.23. The van der Waals surface area contributed by atoms with Crippen LogP contribution in [0.25, 0.3) is 0 Å². The molecule has 1 aromatic carbocycles. The lowest BCUT2D eigenvalue weighted by Gasteiger charge is -2.15. The largest absolute Gasteiger partial charge is 0.271 e. The van der Waals surface area contributed by atoms with Crippen molar-refractivity contribution in [2.75, 3.05) is 0 Å². The van der Waals surface area contributed by atoms with E-state index in [1.54, 1.807) is 0 Å². The van der Waals surface area contributed by atoms with Gasteiger partial charge in [0.25, 0.3) is 0 Å². The van der Waals surface area contributed by atoms with Crippen LogP contribution in [0.4, 0.5) is 0 Å². The zero-order valence-corrected chi connectivity index (χ0v) is 11.8. The average Bonchev–Trinajstić information content (AvgIpc) is 2.75. The molecule has 0 bridgehead atoms. The molecule has 0 fully saturated rings. The van der Waals surface area contributed by atoms with E-state index in [-0.39, 0.29) is 6.04 Å². The molecule has 0 saturated heterocycles. The first kappa shape index (κ1) is 13.4. The number of hydrazine groups is 1. The van der Waals surface area contributed by atoms with Crippen LogP contribution in [-0.4, -0.2) is 9.59 Å². The van der Waals surface area contributed by atoms with Gasteiger partial charge in [-0.15, -0.1) is 5.10 Å². The van der Waals surface area contributed by atoms with Crippen molar-refractivity contribution >= 4 is 23.1 Å². The summed E-state index contributed by atoms with van der Waals surface area (Å²) in [6, 6.07) is 6.03. The summed E-state index contributed by atoms with van der Waals surface area (Å²) < 4.78 is 3.93. The van der Waals surface area contributed by atoms with Crippen molar-refractivity contribution in [1.82, 2.24) is 15.0 Å². The van der Waals surface area contributed by atoms with Gasteiger partial charge in [0.05, 0.1) is 16.6 Å². The third kappa shape index (κ3) is 2.87. The van der Waals surface area contributed by atoms with Gasteiger partial charge < -0.3 is 0 Å². The quantitative estimate of drug-likeness (QED) is 0.668. The number of benzene rings is 1. The molecule has 6 heteroatoms. The Morgan fingerprint density at radius 2 is 2.22 bits per heavy atom. The Hall–Kier alpha value is -1.01. The number of aromatic nitrogens is 2. The lowest BCUT2D eigenvalue weighted by molar-refractivity contribution is 0.557. The molecule has 96 valence electrons. The van der Waals surface area contributed by atoms with E-state index in [0.29, 0.717) is 0 Å². The Kier molecular flexibility index (Phi) is 4.29. The van der Waals surface area contributed by atoms with E-state index in [4.69, 9.17) is 17.4 Å². The van der Waals surface area contributed by atoms with Crippen molar-refractivity contribution < 1.29 is 0 Å². The zero-order chi connectivity index (χ0) is 13.1. The number of nitrogens with two attached hydrogens (primary N) is 1. The van der Waals surface area contributed by atoms with Crippen LogP contribution in [0.2, 0.25) is 5.02 Å². The molecule has 1 aromatic heterocycles. The van der Waals surface area contributed by atoms with E-state index < -0.39 is 0 Å². The topological polar surface area (TPSA) is 63.8 Å². The van der Waals surface area contributed by atoms with Gasteiger partial charge in [-0.25, -0.2) is 0 Å². The number of halogens is 1. The van der Waals surface area contributed by atoms with Gasteiger partial charge >= 0.3 is 0 Å². The molecule has 18 heavy (non-hydrogen) atoms. The van der Waals surface area contributed by atoms with E-state index in [0.717, 1.165) is 33.1 Å². The maximum Gasteiger partial charge on any atom is 0.0773 e. The molecule has 2 rings (SSSR count). The molecule has 0 saturated carbocycles. The standard InChI is InChI=1S/C12H15ClN4S/c1-7-3-4-9(10(13)5-7)6-11(15-14)12-8(2)16-17-18-12/h3-5,11,15H,6,14H2,1-2H3. The maximum absolute atomic E-state index is 6.24. The molecule has 0 spiro atoms. The van der Waals surface area contributed by atoms with Gasteiger partial charge in [-0.2, -0.15) is 0 Å². The molecule has 0 amide bonds. The molecular formula is C12H15ClN4S. The van der Waals surface area contributed by atoms with E-state index in [1.807, 2.05) is 32.0 Å². The van der Waals surface area contributed by atoms with Crippen LogP contribution in [0.5, 0.6) is 0 Å². The third-order valence-electron chi connectivity index (χ3n) is 2.84. The molecular weight excluding hydrogens is 268 g/mol. The molecule has 1 unspecified atom stereocenters.